The quantitative estimate of drug-likeness (QED) is 0.595. The van der Waals surface area contributed by atoms with Gasteiger partial charge in [-0.25, -0.2) is 4.98 Å². The number of benzene rings is 3. The molecule has 1 heterocycles. The minimum atomic E-state index is 0.654. The van der Waals surface area contributed by atoms with Gasteiger partial charge in [0.2, 0.25) is 0 Å². The number of aromatic amines is 1. The molecule has 0 amide bonds. The summed E-state index contributed by atoms with van der Waals surface area (Å²) in [6.45, 7) is 0. The molecule has 0 unspecified atom stereocenters. The van der Waals surface area contributed by atoms with Crippen molar-refractivity contribution < 1.29 is 0 Å². The largest absolute Gasteiger partial charge is 0.259 e. The summed E-state index contributed by atoms with van der Waals surface area (Å²) in [5.74, 6) is 1.41. The molecule has 0 saturated carbocycles. The molecule has 4 heteroatoms. The van der Waals surface area contributed by atoms with E-state index in [0.29, 0.717) is 11.4 Å². The molecule has 4 aromatic rings. The van der Waals surface area contributed by atoms with Gasteiger partial charge in [0.1, 0.15) is 0 Å². The van der Waals surface area contributed by atoms with E-state index in [0.717, 1.165) is 28.1 Å². The standard InChI is InChI=1S/C21H14N4/c22-14-15-9-11-16(12-10-15)18-7-4-8-19(13-18)21-23-20(24-25-21)17-5-2-1-3-6-17/h1-13H,(H,23,24,25). The van der Waals surface area contributed by atoms with Crippen molar-refractivity contribution in [1.29, 1.82) is 5.26 Å². The van der Waals surface area contributed by atoms with E-state index in [2.05, 4.69) is 27.3 Å². The minimum Gasteiger partial charge on any atom is -0.259 e. The van der Waals surface area contributed by atoms with Gasteiger partial charge in [0, 0.05) is 11.1 Å². The molecule has 4 nitrogen and oxygen atoms in total. The summed E-state index contributed by atoms with van der Waals surface area (Å²) in [6, 6.07) is 27.7. The first-order valence-electron chi connectivity index (χ1n) is 7.92. The van der Waals surface area contributed by atoms with Crippen LogP contribution in [-0.4, -0.2) is 15.2 Å². The highest BCUT2D eigenvalue weighted by Crippen LogP contribution is 2.26. The van der Waals surface area contributed by atoms with Crippen molar-refractivity contribution in [2.24, 2.45) is 0 Å². The molecule has 1 N–H and O–H groups in total. The molecule has 0 bridgehead atoms. The Balaban J connectivity index is 1.68. The summed E-state index contributed by atoms with van der Waals surface area (Å²) in [6.07, 6.45) is 0. The molecule has 0 spiro atoms. The monoisotopic (exact) mass is 322 g/mol. The third kappa shape index (κ3) is 3.04. The number of nitrogens with one attached hydrogen (secondary N) is 1. The first-order chi connectivity index (χ1) is 12.3. The minimum absolute atomic E-state index is 0.654. The topological polar surface area (TPSA) is 65.4 Å². The van der Waals surface area contributed by atoms with Crippen molar-refractivity contribution in [2.75, 3.05) is 0 Å². The fourth-order valence-corrected chi connectivity index (χ4v) is 2.69. The van der Waals surface area contributed by atoms with Crippen LogP contribution in [0.25, 0.3) is 33.9 Å². The van der Waals surface area contributed by atoms with Gasteiger partial charge in [0.15, 0.2) is 11.6 Å². The van der Waals surface area contributed by atoms with Crippen molar-refractivity contribution >= 4 is 0 Å². The number of aromatic nitrogens is 3. The van der Waals surface area contributed by atoms with Gasteiger partial charge in [-0.15, -0.1) is 0 Å². The number of nitrogens with zero attached hydrogens (tertiary/aromatic N) is 3. The Hall–Kier alpha value is -3.71. The van der Waals surface area contributed by atoms with E-state index in [9.17, 15) is 0 Å². The van der Waals surface area contributed by atoms with Gasteiger partial charge >= 0.3 is 0 Å². The Bertz CT molecular complexity index is 1040. The number of H-pyrrole nitrogens is 1. The molecular weight excluding hydrogens is 308 g/mol. The highest BCUT2D eigenvalue weighted by atomic mass is 15.2. The van der Waals surface area contributed by atoms with Crippen molar-refractivity contribution in [3.8, 4) is 40.0 Å². The lowest BCUT2D eigenvalue weighted by molar-refractivity contribution is 1.10. The number of rotatable bonds is 3. The number of hydrogen-bond donors (Lipinski definition) is 1. The van der Waals surface area contributed by atoms with Crippen LogP contribution in [0.4, 0.5) is 0 Å². The molecule has 0 fully saturated rings. The number of nitriles is 1. The van der Waals surface area contributed by atoms with E-state index in [1.807, 2.05) is 72.8 Å². The van der Waals surface area contributed by atoms with E-state index in [-0.39, 0.29) is 0 Å². The Labute approximate surface area is 145 Å². The maximum atomic E-state index is 8.92. The van der Waals surface area contributed by atoms with Gasteiger partial charge < -0.3 is 0 Å². The van der Waals surface area contributed by atoms with Gasteiger partial charge in [0.25, 0.3) is 0 Å². The van der Waals surface area contributed by atoms with Crippen LogP contribution < -0.4 is 0 Å². The molecule has 0 aliphatic heterocycles. The van der Waals surface area contributed by atoms with E-state index >= 15 is 0 Å². The smallest absolute Gasteiger partial charge is 0.181 e. The summed E-state index contributed by atoms with van der Waals surface area (Å²) < 4.78 is 0. The Morgan fingerprint density at radius 2 is 1.44 bits per heavy atom. The SMILES string of the molecule is N#Cc1ccc(-c2cccc(-c3n[nH]c(-c4ccccc4)n3)c2)cc1. The van der Waals surface area contributed by atoms with Crippen molar-refractivity contribution in [2.45, 2.75) is 0 Å². The molecule has 0 atom stereocenters. The third-order valence-corrected chi connectivity index (χ3v) is 4.00. The zero-order valence-electron chi connectivity index (χ0n) is 13.3. The second kappa shape index (κ2) is 6.42. The summed E-state index contributed by atoms with van der Waals surface area (Å²) >= 11 is 0. The zero-order chi connectivity index (χ0) is 17.1. The summed E-state index contributed by atoms with van der Waals surface area (Å²) in [5, 5.41) is 16.3. The van der Waals surface area contributed by atoms with Crippen LogP contribution in [0.15, 0.2) is 78.9 Å². The van der Waals surface area contributed by atoms with E-state index in [1.54, 1.807) is 0 Å². The predicted molar refractivity (Wildman–Crippen MR) is 97.4 cm³/mol. The predicted octanol–water partition coefficient (Wildman–Crippen LogP) is 4.68. The maximum Gasteiger partial charge on any atom is 0.181 e. The molecule has 1 aromatic heterocycles. The Morgan fingerprint density at radius 1 is 0.720 bits per heavy atom. The highest BCUT2D eigenvalue weighted by Gasteiger charge is 2.08. The van der Waals surface area contributed by atoms with E-state index in [1.165, 1.54) is 0 Å². The van der Waals surface area contributed by atoms with Crippen LogP contribution in [-0.2, 0) is 0 Å². The first-order valence-corrected chi connectivity index (χ1v) is 7.92. The number of hydrogen-bond acceptors (Lipinski definition) is 3. The van der Waals surface area contributed by atoms with Crippen molar-refractivity contribution in [3.63, 3.8) is 0 Å². The molecule has 0 aliphatic rings. The van der Waals surface area contributed by atoms with E-state index < -0.39 is 0 Å². The molecule has 0 radical (unpaired) electrons. The lowest BCUT2D eigenvalue weighted by Crippen LogP contribution is -1.84. The molecule has 118 valence electrons. The van der Waals surface area contributed by atoms with Crippen molar-refractivity contribution in [1.82, 2.24) is 15.2 Å². The summed E-state index contributed by atoms with van der Waals surface area (Å²) in [5.41, 5.74) is 4.72. The highest BCUT2D eigenvalue weighted by molar-refractivity contribution is 5.71. The molecule has 0 aliphatic carbocycles. The van der Waals surface area contributed by atoms with Gasteiger partial charge in [0.05, 0.1) is 11.6 Å². The average molecular weight is 322 g/mol. The lowest BCUT2D eigenvalue weighted by Gasteiger charge is -2.03. The van der Waals surface area contributed by atoms with Gasteiger partial charge in [-0.3, -0.25) is 5.10 Å². The van der Waals surface area contributed by atoms with Crippen LogP contribution >= 0.6 is 0 Å². The zero-order valence-corrected chi connectivity index (χ0v) is 13.3. The molecular formula is C21H14N4. The average Bonchev–Trinajstić information content (AvgIpc) is 3.19. The normalized spacial score (nSPS) is 10.4. The molecule has 3 aromatic carbocycles. The van der Waals surface area contributed by atoms with E-state index in [4.69, 9.17) is 5.26 Å². The second-order valence-corrected chi connectivity index (χ2v) is 5.64. The van der Waals surface area contributed by atoms with Crippen LogP contribution in [0.2, 0.25) is 0 Å². The maximum absolute atomic E-state index is 8.92. The second-order valence-electron chi connectivity index (χ2n) is 5.64. The van der Waals surface area contributed by atoms with Crippen LogP contribution in [0.3, 0.4) is 0 Å². The van der Waals surface area contributed by atoms with Gasteiger partial charge in [-0.2, -0.15) is 10.4 Å². The Kier molecular flexibility index (Phi) is 3.82. The lowest BCUT2D eigenvalue weighted by atomic mass is 10.0. The van der Waals surface area contributed by atoms with Crippen LogP contribution in [0.5, 0.6) is 0 Å². The third-order valence-electron chi connectivity index (χ3n) is 4.00. The van der Waals surface area contributed by atoms with Gasteiger partial charge in [-0.1, -0.05) is 60.7 Å². The fraction of sp³-hybridized carbons (Fsp3) is 0. The van der Waals surface area contributed by atoms with Crippen molar-refractivity contribution in [3.05, 3.63) is 84.4 Å². The first kappa shape index (κ1) is 14.9. The summed E-state index contributed by atoms with van der Waals surface area (Å²) in [7, 11) is 0. The molecule has 25 heavy (non-hydrogen) atoms. The van der Waals surface area contributed by atoms with Crippen LogP contribution in [0.1, 0.15) is 5.56 Å². The van der Waals surface area contributed by atoms with Crippen LogP contribution in [0, 0.1) is 11.3 Å². The molecule has 0 saturated heterocycles. The Morgan fingerprint density at radius 3 is 2.20 bits per heavy atom. The molecule has 4 rings (SSSR count). The van der Waals surface area contributed by atoms with Gasteiger partial charge in [-0.05, 0) is 29.3 Å². The fourth-order valence-electron chi connectivity index (χ4n) is 2.69. The summed E-state index contributed by atoms with van der Waals surface area (Å²) in [4.78, 5) is 4.60.